The molecule has 14 heavy (non-hydrogen) atoms. The molecule has 0 spiro atoms. The molecule has 0 saturated heterocycles. The third-order valence-corrected chi connectivity index (χ3v) is 4.51. The number of hydrogen-bond donors (Lipinski definition) is 2. The van der Waals surface area contributed by atoms with Gasteiger partial charge in [-0.1, -0.05) is 6.92 Å². The van der Waals surface area contributed by atoms with Gasteiger partial charge in [-0.2, -0.15) is 4.08 Å². The van der Waals surface area contributed by atoms with Crippen LogP contribution in [0.4, 0.5) is 9.18 Å². The van der Waals surface area contributed by atoms with E-state index in [1.807, 2.05) is 0 Å². The van der Waals surface area contributed by atoms with E-state index in [4.69, 9.17) is 9.79 Å². The van der Waals surface area contributed by atoms with E-state index >= 15 is 0 Å². The number of nitrogens with zero attached hydrogens (tertiary/aromatic N) is 2. The van der Waals surface area contributed by atoms with Crippen LogP contribution in [-0.2, 0) is 11.8 Å². The highest BCUT2D eigenvalue weighted by molar-refractivity contribution is 8.14. The summed E-state index contributed by atoms with van der Waals surface area (Å²) in [6, 6.07) is 0. The summed E-state index contributed by atoms with van der Waals surface area (Å²) in [5.74, 6) is 0. The van der Waals surface area contributed by atoms with Gasteiger partial charge in [0, 0.05) is 13.6 Å². The molecule has 0 aromatic rings. The molecule has 1 amide bonds. The fourth-order valence-electron chi connectivity index (χ4n) is 0.583. The van der Waals surface area contributed by atoms with Crippen molar-refractivity contribution in [2.45, 2.75) is 13.3 Å². The van der Waals surface area contributed by atoms with E-state index in [1.165, 1.54) is 7.05 Å². The molecule has 0 aliphatic rings. The Bertz CT molecular complexity index is 249. The summed E-state index contributed by atoms with van der Waals surface area (Å²) in [5, 5.41) is 0. The molecule has 0 aliphatic heterocycles. The number of amides is 1. The van der Waals surface area contributed by atoms with Crippen LogP contribution >= 0.6 is 18.8 Å². The van der Waals surface area contributed by atoms with Crippen molar-refractivity contribution in [3.63, 3.8) is 0 Å². The maximum absolute atomic E-state index is 12.1. The Labute approximate surface area is 91.4 Å². The van der Waals surface area contributed by atoms with E-state index in [0.29, 0.717) is 22.9 Å². The number of rotatable bonds is 5. The van der Waals surface area contributed by atoms with Crippen LogP contribution in [0.25, 0.3) is 0 Å². The summed E-state index contributed by atoms with van der Waals surface area (Å²) in [4.78, 5) is 28.6. The molecule has 0 aliphatic carbocycles. The van der Waals surface area contributed by atoms with Crippen LogP contribution in [0, 0.1) is 0 Å². The zero-order chi connectivity index (χ0) is 11.4. The van der Waals surface area contributed by atoms with Crippen LogP contribution in [0.2, 0.25) is 0 Å². The van der Waals surface area contributed by atoms with Crippen molar-refractivity contribution in [1.82, 2.24) is 8.38 Å². The van der Waals surface area contributed by atoms with Gasteiger partial charge in [0.2, 0.25) is 0 Å². The van der Waals surface area contributed by atoms with Crippen molar-refractivity contribution < 1.29 is 19.0 Å². The molecule has 0 aromatic heterocycles. The van der Waals surface area contributed by atoms with Crippen molar-refractivity contribution in [1.29, 1.82) is 0 Å². The summed E-state index contributed by atoms with van der Waals surface area (Å²) in [6.07, 6.45) is -1.06. The zero-order valence-corrected chi connectivity index (χ0v) is 10.3. The SMILES string of the molecule is CCCN(SN(C)C(=O)F)P(O)(O)=S. The molecule has 84 valence electrons. The zero-order valence-electron chi connectivity index (χ0n) is 7.75. The summed E-state index contributed by atoms with van der Waals surface area (Å²) >= 11 is 5.02. The summed E-state index contributed by atoms with van der Waals surface area (Å²) < 4.78 is 13.8. The molecular weight excluding hydrogens is 250 g/mol. The van der Waals surface area contributed by atoms with Crippen LogP contribution < -0.4 is 0 Å². The van der Waals surface area contributed by atoms with Gasteiger partial charge in [0.05, 0.1) is 12.1 Å². The Morgan fingerprint density at radius 1 is 1.64 bits per heavy atom. The molecule has 5 nitrogen and oxygen atoms in total. The first-order chi connectivity index (χ1) is 6.29. The van der Waals surface area contributed by atoms with E-state index in [0.717, 1.165) is 4.08 Å². The number of carbonyl (C=O) groups is 1. The number of carbonyl (C=O) groups excluding carboxylic acids is 1. The van der Waals surface area contributed by atoms with Crippen LogP contribution in [0.15, 0.2) is 0 Å². The normalized spacial score (nSPS) is 11.9. The predicted octanol–water partition coefficient (Wildman–Crippen LogP) is 1.49. The highest BCUT2D eigenvalue weighted by Crippen LogP contribution is 2.46. The van der Waals surface area contributed by atoms with Gasteiger partial charge in [-0.3, -0.25) is 0 Å². The lowest BCUT2D eigenvalue weighted by molar-refractivity contribution is 0.209. The molecule has 0 saturated carbocycles. The van der Waals surface area contributed by atoms with Crippen LogP contribution in [0.5, 0.6) is 0 Å². The van der Waals surface area contributed by atoms with Crippen LogP contribution in [-0.4, -0.2) is 37.9 Å². The van der Waals surface area contributed by atoms with E-state index < -0.39 is 12.8 Å². The third kappa shape index (κ3) is 5.23. The van der Waals surface area contributed by atoms with Crippen molar-refractivity contribution in [2.24, 2.45) is 0 Å². The van der Waals surface area contributed by atoms with Crippen LogP contribution in [0.1, 0.15) is 13.3 Å². The van der Waals surface area contributed by atoms with Crippen molar-refractivity contribution in [3.05, 3.63) is 0 Å². The van der Waals surface area contributed by atoms with Crippen molar-refractivity contribution in [2.75, 3.05) is 13.6 Å². The smallest absolute Gasteiger partial charge is 0.333 e. The summed E-state index contributed by atoms with van der Waals surface area (Å²) in [6.45, 7) is -1.55. The first-order valence-corrected chi connectivity index (χ1v) is 7.13. The van der Waals surface area contributed by atoms with Crippen molar-refractivity contribution >= 4 is 36.7 Å². The van der Waals surface area contributed by atoms with E-state index in [-0.39, 0.29) is 6.54 Å². The second-order valence-corrected chi connectivity index (χ2v) is 6.82. The monoisotopic (exact) mass is 262 g/mol. The minimum Gasteiger partial charge on any atom is -0.333 e. The Morgan fingerprint density at radius 2 is 2.14 bits per heavy atom. The lowest BCUT2D eigenvalue weighted by Crippen LogP contribution is -2.23. The molecule has 9 heteroatoms. The van der Waals surface area contributed by atoms with E-state index in [9.17, 15) is 9.18 Å². The molecule has 2 N–H and O–H groups in total. The Kier molecular flexibility index (Phi) is 6.11. The highest BCUT2D eigenvalue weighted by atomic mass is 32.5. The maximum Gasteiger partial charge on any atom is 0.410 e. The molecule has 0 fully saturated rings. The fraction of sp³-hybridized carbons (Fsp3) is 0.800. The quantitative estimate of drug-likeness (QED) is 0.339. The second kappa shape index (κ2) is 5.99. The number of hydrogen-bond acceptors (Lipinski definition) is 3. The van der Waals surface area contributed by atoms with Crippen LogP contribution in [0.3, 0.4) is 0 Å². The summed E-state index contributed by atoms with van der Waals surface area (Å²) in [7, 11) is 1.18. The first kappa shape index (κ1) is 14.3. The van der Waals surface area contributed by atoms with Gasteiger partial charge < -0.3 is 9.79 Å². The van der Waals surface area contributed by atoms with Gasteiger partial charge >= 0.3 is 6.16 Å². The van der Waals surface area contributed by atoms with E-state index in [1.54, 1.807) is 6.92 Å². The lowest BCUT2D eigenvalue weighted by Gasteiger charge is -2.26. The van der Waals surface area contributed by atoms with Gasteiger partial charge in [0.15, 0.2) is 0 Å². The highest BCUT2D eigenvalue weighted by Gasteiger charge is 2.24. The predicted molar refractivity (Wildman–Crippen MR) is 57.6 cm³/mol. The molecule has 0 aromatic carbocycles. The van der Waals surface area contributed by atoms with Gasteiger partial charge in [-0.05, 0) is 18.2 Å². The molecule has 0 radical (unpaired) electrons. The van der Waals surface area contributed by atoms with Gasteiger partial charge in [0.25, 0.3) is 6.64 Å². The molecule has 0 heterocycles. The molecule has 0 unspecified atom stereocenters. The third-order valence-electron chi connectivity index (χ3n) is 1.17. The number of halogens is 1. The van der Waals surface area contributed by atoms with Gasteiger partial charge in [-0.25, -0.2) is 9.10 Å². The van der Waals surface area contributed by atoms with Crippen molar-refractivity contribution in [3.8, 4) is 0 Å². The Morgan fingerprint density at radius 3 is 2.43 bits per heavy atom. The fourth-order valence-corrected chi connectivity index (χ4v) is 2.88. The molecular formula is C5H12FN2O3PS2. The van der Waals surface area contributed by atoms with Gasteiger partial charge in [0.1, 0.15) is 0 Å². The average Bonchev–Trinajstić information content (AvgIpc) is 2.01. The standard InChI is InChI=1S/C5H12FN2O3PS2/c1-3-4-8(12(10,11)13)14-7(2)5(6)9/h3-4H2,1-2H3,(H2,10,11,13). The minimum absolute atomic E-state index is 0.270. The maximum atomic E-state index is 12.1. The molecule has 0 rings (SSSR count). The largest absolute Gasteiger partial charge is 0.410 e. The lowest BCUT2D eigenvalue weighted by atomic mass is 10.5. The second-order valence-electron chi connectivity index (χ2n) is 2.42. The summed E-state index contributed by atoms with van der Waals surface area (Å²) in [5.41, 5.74) is 0. The minimum atomic E-state index is -3.62. The Balaban J connectivity index is 4.38. The Hall–Kier alpha value is 0.280. The van der Waals surface area contributed by atoms with Gasteiger partial charge in [-0.15, -0.1) is 4.39 Å². The molecule has 0 bridgehead atoms. The van der Waals surface area contributed by atoms with E-state index in [2.05, 4.69) is 11.8 Å². The first-order valence-electron chi connectivity index (χ1n) is 3.73. The topological polar surface area (TPSA) is 64.0 Å². The molecule has 0 atom stereocenters. The average molecular weight is 262 g/mol.